The second kappa shape index (κ2) is 4.63. The Balaban J connectivity index is 2.16. The van der Waals surface area contributed by atoms with Crippen LogP contribution in [0.1, 0.15) is 28.1 Å². The maximum atomic E-state index is 12.1. The highest BCUT2D eigenvalue weighted by Gasteiger charge is 2.25. The van der Waals surface area contributed by atoms with Crippen LogP contribution < -0.4 is 5.32 Å². The van der Waals surface area contributed by atoms with Crippen molar-refractivity contribution in [3.8, 4) is 10.4 Å². The first-order valence-corrected chi connectivity index (χ1v) is 7.00. The zero-order valence-electron chi connectivity index (χ0n) is 10.5. The maximum absolute atomic E-state index is 12.1. The highest BCUT2D eigenvalue weighted by atomic mass is 32.1. The van der Waals surface area contributed by atoms with E-state index in [-0.39, 0.29) is 18.1 Å². The topological polar surface area (TPSA) is 46.2 Å². The van der Waals surface area contributed by atoms with Gasteiger partial charge in [-0.15, -0.1) is 11.3 Å². The molecule has 0 aliphatic carbocycles. The van der Waals surface area contributed by atoms with Crippen molar-refractivity contribution >= 4 is 28.7 Å². The first kappa shape index (κ1) is 12.1. The van der Waals surface area contributed by atoms with Crippen LogP contribution in [0.5, 0.6) is 0 Å². The Kier molecular flexibility index (Phi) is 2.95. The van der Waals surface area contributed by atoms with E-state index in [0.29, 0.717) is 17.0 Å². The van der Waals surface area contributed by atoms with Crippen molar-refractivity contribution in [2.75, 3.05) is 5.32 Å². The molecule has 96 valence electrons. The second-order valence-electron chi connectivity index (χ2n) is 4.60. The Labute approximate surface area is 115 Å². The lowest BCUT2D eigenvalue weighted by Gasteiger charge is -2.03. The fourth-order valence-electron chi connectivity index (χ4n) is 2.27. The van der Waals surface area contributed by atoms with Gasteiger partial charge in [-0.05, 0) is 18.1 Å². The largest absolute Gasteiger partial charge is 0.324 e. The highest BCUT2D eigenvalue weighted by molar-refractivity contribution is 7.18. The van der Waals surface area contributed by atoms with Gasteiger partial charge in [-0.25, -0.2) is 0 Å². The van der Waals surface area contributed by atoms with Crippen LogP contribution in [0.4, 0.5) is 5.69 Å². The summed E-state index contributed by atoms with van der Waals surface area (Å²) >= 11 is 1.47. The predicted octanol–water partition coefficient (Wildman–Crippen LogP) is 3.64. The number of Topliss-reactive ketones (excluding diaryl/α,β-unsaturated/α-hetero) is 1. The van der Waals surface area contributed by atoms with Gasteiger partial charge in [-0.3, -0.25) is 9.59 Å². The number of thiophene rings is 1. The smallest absolute Gasteiger partial charge is 0.224 e. The maximum Gasteiger partial charge on any atom is 0.224 e. The van der Waals surface area contributed by atoms with Gasteiger partial charge in [-0.1, -0.05) is 30.3 Å². The standard InChI is InChI=1S/C15H13NO2S/c1-9-13-15(11(17)7-8-12(18)16-13)19-14(9)10-5-3-2-4-6-10/h2-6H,7-8H2,1H3,(H,16,18). The first-order valence-electron chi connectivity index (χ1n) is 6.18. The average molecular weight is 271 g/mol. The molecule has 4 heteroatoms. The zero-order valence-corrected chi connectivity index (χ0v) is 11.3. The third kappa shape index (κ3) is 2.08. The molecule has 0 fully saturated rings. The highest BCUT2D eigenvalue weighted by Crippen LogP contribution is 2.41. The van der Waals surface area contributed by atoms with Gasteiger partial charge in [0.2, 0.25) is 5.91 Å². The second-order valence-corrected chi connectivity index (χ2v) is 5.62. The molecule has 0 bridgehead atoms. The van der Waals surface area contributed by atoms with Crippen LogP contribution in [0.2, 0.25) is 0 Å². The summed E-state index contributed by atoms with van der Waals surface area (Å²) in [5.41, 5.74) is 2.77. The molecular weight excluding hydrogens is 258 g/mol. The fraction of sp³-hybridized carbons (Fsp3) is 0.200. The van der Waals surface area contributed by atoms with Gasteiger partial charge in [0.05, 0.1) is 10.6 Å². The summed E-state index contributed by atoms with van der Waals surface area (Å²) in [6, 6.07) is 9.94. The number of nitrogens with one attached hydrogen (secondary N) is 1. The van der Waals surface area contributed by atoms with Crippen LogP contribution in [0, 0.1) is 6.92 Å². The Hall–Kier alpha value is -1.94. The van der Waals surface area contributed by atoms with Gasteiger partial charge in [0.25, 0.3) is 0 Å². The van der Waals surface area contributed by atoms with Gasteiger partial charge in [0.1, 0.15) is 0 Å². The molecule has 3 nitrogen and oxygen atoms in total. The monoisotopic (exact) mass is 271 g/mol. The summed E-state index contributed by atoms with van der Waals surface area (Å²) in [6.45, 7) is 1.95. The lowest BCUT2D eigenvalue weighted by molar-refractivity contribution is -0.116. The third-order valence-electron chi connectivity index (χ3n) is 3.28. The van der Waals surface area contributed by atoms with Gasteiger partial charge in [0, 0.05) is 17.7 Å². The molecule has 2 aromatic rings. The van der Waals surface area contributed by atoms with Crippen molar-refractivity contribution < 1.29 is 9.59 Å². The van der Waals surface area contributed by atoms with Crippen molar-refractivity contribution in [2.45, 2.75) is 19.8 Å². The number of ketones is 1. The molecule has 2 heterocycles. The lowest BCUT2D eigenvalue weighted by Crippen LogP contribution is -2.09. The van der Waals surface area contributed by atoms with E-state index in [1.54, 1.807) is 0 Å². The van der Waals surface area contributed by atoms with Crippen LogP contribution in [-0.2, 0) is 4.79 Å². The molecule has 3 rings (SSSR count). The van der Waals surface area contributed by atoms with Crippen molar-refractivity contribution in [2.24, 2.45) is 0 Å². The number of carbonyl (C=O) groups is 2. The SMILES string of the molecule is Cc1c(-c2ccccc2)sc2c1NC(=O)CCC2=O. The summed E-state index contributed by atoms with van der Waals surface area (Å²) in [5, 5.41) is 2.86. The molecule has 1 aliphatic heterocycles. The minimum atomic E-state index is -0.0763. The molecule has 0 atom stereocenters. The molecule has 0 unspecified atom stereocenters. The van der Waals surface area contributed by atoms with E-state index in [2.05, 4.69) is 5.32 Å². The Morgan fingerprint density at radius 2 is 1.79 bits per heavy atom. The van der Waals surface area contributed by atoms with E-state index >= 15 is 0 Å². The van der Waals surface area contributed by atoms with Crippen molar-refractivity contribution in [1.82, 2.24) is 0 Å². The number of hydrogen-bond donors (Lipinski definition) is 1. The van der Waals surface area contributed by atoms with Gasteiger partial charge < -0.3 is 5.32 Å². The number of rotatable bonds is 1. The third-order valence-corrected chi connectivity index (χ3v) is 4.66. The number of benzene rings is 1. The molecule has 1 amide bonds. The van der Waals surface area contributed by atoms with E-state index in [0.717, 1.165) is 16.0 Å². The van der Waals surface area contributed by atoms with Crippen LogP contribution in [0.25, 0.3) is 10.4 Å². The number of amides is 1. The minimum Gasteiger partial charge on any atom is -0.324 e. The average Bonchev–Trinajstić information content (AvgIpc) is 2.67. The van der Waals surface area contributed by atoms with Crippen LogP contribution >= 0.6 is 11.3 Å². The summed E-state index contributed by atoms with van der Waals surface area (Å²) < 4.78 is 0. The minimum absolute atomic E-state index is 0.0589. The molecule has 19 heavy (non-hydrogen) atoms. The molecule has 1 aliphatic rings. The fourth-order valence-corrected chi connectivity index (χ4v) is 3.50. The van der Waals surface area contributed by atoms with E-state index in [1.807, 2.05) is 37.3 Å². The molecule has 1 N–H and O–H groups in total. The normalized spacial score (nSPS) is 14.8. The molecule has 0 spiro atoms. The molecule has 1 aromatic carbocycles. The predicted molar refractivity (Wildman–Crippen MR) is 76.7 cm³/mol. The Bertz CT molecular complexity index is 658. The van der Waals surface area contributed by atoms with Crippen molar-refractivity contribution in [3.63, 3.8) is 0 Å². The quantitative estimate of drug-likeness (QED) is 0.860. The number of carbonyl (C=O) groups excluding carboxylic acids is 2. The van der Waals surface area contributed by atoms with Gasteiger partial charge in [-0.2, -0.15) is 0 Å². The van der Waals surface area contributed by atoms with Gasteiger partial charge >= 0.3 is 0 Å². The summed E-state index contributed by atoms with van der Waals surface area (Å²) in [7, 11) is 0. The van der Waals surface area contributed by atoms with E-state index < -0.39 is 0 Å². The molecule has 0 radical (unpaired) electrons. The van der Waals surface area contributed by atoms with E-state index in [4.69, 9.17) is 0 Å². The zero-order chi connectivity index (χ0) is 13.4. The van der Waals surface area contributed by atoms with Gasteiger partial charge in [0.15, 0.2) is 5.78 Å². The molecule has 0 saturated carbocycles. The van der Waals surface area contributed by atoms with Crippen molar-refractivity contribution in [1.29, 1.82) is 0 Å². The summed E-state index contributed by atoms with van der Waals surface area (Å²) in [5.74, 6) is -0.0174. The summed E-state index contributed by atoms with van der Waals surface area (Å²) in [4.78, 5) is 25.4. The number of fused-ring (bicyclic) bond motifs is 1. The molecular formula is C15H13NO2S. The van der Waals surface area contributed by atoms with Crippen LogP contribution in [0.15, 0.2) is 30.3 Å². The molecule has 0 saturated heterocycles. The number of hydrogen-bond acceptors (Lipinski definition) is 3. The Morgan fingerprint density at radius 1 is 1.05 bits per heavy atom. The van der Waals surface area contributed by atoms with Crippen LogP contribution in [0.3, 0.4) is 0 Å². The Morgan fingerprint density at radius 3 is 2.53 bits per heavy atom. The van der Waals surface area contributed by atoms with Crippen LogP contribution in [-0.4, -0.2) is 11.7 Å². The molecule has 1 aromatic heterocycles. The van der Waals surface area contributed by atoms with Crippen molar-refractivity contribution in [3.05, 3.63) is 40.8 Å². The first-order chi connectivity index (χ1) is 9.16. The lowest BCUT2D eigenvalue weighted by atomic mass is 10.1. The number of anilines is 1. The van der Waals surface area contributed by atoms with E-state index in [1.165, 1.54) is 11.3 Å². The summed E-state index contributed by atoms with van der Waals surface area (Å²) in [6.07, 6.45) is 0.577. The van der Waals surface area contributed by atoms with E-state index in [9.17, 15) is 9.59 Å².